The van der Waals surface area contributed by atoms with Crippen molar-refractivity contribution in [2.75, 3.05) is 6.61 Å². The number of aromatic nitrogens is 2. The summed E-state index contributed by atoms with van der Waals surface area (Å²) in [6.07, 6.45) is -4.72. The van der Waals surface area contributed by atoms with Crippen molar-refractivity contribution in [2.45, 2.75) is 24.2 Å². The van der Waals surface area contributed by atoms with Gasteiger partial charge in [0.05, 0.1) is 27.7 Å². The Balaban J connectivity index is 2.21. The van der Waals surface area contributed by atoms with E-state index in [4.69, 9.17) is 27.9 Å². The van der Waals surface area contributed by atoms with Crippen LogP contribution in [-0.4, -0.2) is 54.9 Å². The van der Waals surface area contributed by atoms with E-state index in [0.29, 0.717) is 11.0 Å². The predicted molar refractivity (Wildman–Crippen MR) is 81.6 cm³/mol. The fourth-order valence-corrected chi connectivity index (χ4v) is 3.32. The number of nitrogens with zero attached hydrogens (tertiary/aromatic N) is 2. The van der Waals surface area contributed by atoms with Crippen LogP contribution in [0.1, 0.15) is 0 Å². The van der Waals surface area contributed by atoms with E-state index >= 15 is 0 Å². The van der Waals surface area contributed by atoms with Gasteiger partial charge in [-0.25, -0.2) is 4.98 Å². The minimum atomic E-state index is -2.33. The Labute approximate surface area is 142 Å². The third-order valence-electron chi connectivity index (χ3n) is 3.55. The summed E-state index contributed by atoms with van der Waals surface area (Å²) in [5.74, 6) is -2.33. The second-order valence-electron chi connectivity index (χ2n) is 4.94. The quantitative estimate of drug-likeness (QED) is 0.551. The molecule has 1 aliphatic heterocycles. The Morgan fingerprint density at radius 3 is 2.59 bits per heavy atom. The number of benzene rings is 1. The lowest BCUT2D eigenvalue weighted by atomic mass is 10.0. The smallest absolute Gasteiger partial charge is 0.285 e. The lowest BCUT2D eigenvalue weighted by Gasteiger charge is -2.42. The second-order valence-corrected chi connectivity index (χ2v) is 6.47. The van der Waals surface area contributed by atoms with Gasteiger partial charge in [0.25, 0.3) is 5.91 Å². The molecule has 4 atom stereocenters. The van der Waals surface area contributed by atoms with Crippen LogP contribution in [0.5, 0.6) is 0 Å². The van der Waals surface area contributed by atoms with E-state index in [9.17, 15) is 20.4 Å². The van der Waals surface area contributed by atoms with E-state index < -0.39 is 24.2 Å². The van der Waals surface area contributed by atoms with E-state index in [0.717, 1.165) is 4.57 Å². The zero-order chi connectivity index (χ0) is 16.2. The van der Waals surface area contributed by atoms with E-state index in [1.807, 2.05) is 0 Å². The molecule has 2 heterocycles. The largest absolute Gasteiger partial charge is 0.388 e. The molecule has 1 aliphatic rings. The summed E-state index contributed by atoms with van der Waals surface area (Å²) in [5, 5.41) is 40.7. The number of rotatable bonds is 1. The van der Waals surface area contributed by atoms with E-state index in [1.165, 1.54) is 12.1 Å². The Morgan fingerprint density at radius 1 is 1.27 bits per heavy atom. The van der Waals surface area contributed by atoms with Gasteiger partial charge in [0.2, 0.25) is 0 Å². The molecule has 1 saturated heterocycles. The fourth-order valence-electron chi connectivity index (χ4n) is 2.37. The first-order chi connectivity index (χ1) is 10.3. The van der Waals surface area contributed by atoms with Crippen molar-refractivity contribution in [3.63, 3.8) is 0 Å². The molecule has 120 valence electrons. The Morgan fingerprint density at radius 2 is 1.91 bits per heavy atom. The fraction of sp³-hybridized carbons (Fsp3) is 0.417. The maximum atomic E-state index is 10.7. The molecule has 2 aromatic rings. The summed E-state index contributed by atoms with van der Waals surface area (Å²) >= 11 is 15.1. The van der Waals surface area contributed by atoms with Crippen molar-refractivity contribution >= 4 is 50.2 Å². The predicted octanol–water partition coefficient (Wildman–Crippen LogP) is 0.821. The molecule has 0 radical (unpaired) electrons. The van der Waals surface area contributed by atoms with Crippen LogP contribution in [0.25, 0.3) is 11.0 Å². The molecule has 0 bridgehead atoms. The molecule has 0 aliphatic carbocycles. The van der Waals surface area contributed by atoms with Gasteiger partial charge in [0, 0.05) is 0 Å². The number of aliphatic hydroxyl groups excluding tert-OH is 3. The van der Waals surface area contributed by atoms with Crippen LogP contribution in [0.15, 0.2) is 16.9 Å². The summed E-state index contributed by atoms with van der Waals surface area (Å²) in [6.45, 7) is -0.373. The highest BCUT2D eigenvalue weighted by molar-refractivity contribution is 9.10. The van der Waals surface area contributed by atoms with Gasteiger partial charge in [-0.3, -0.25) is 4.57 Å². The monoisotopic (exact) mass is 412 g/mol. The average Bonchev–Trinajstić information content (AvgIpc) is 2.77. The number of fused-ring (bicyclic) bond motifs is 1. The zero-order valence-electron chi connectivity index (χ0n) is 10.8. The SMILES string of the molecule is O[C@H]1[C@H](O)COC(O)(n2c(Br)nc3cc(Cl)c(Cl)cc32)[C@@H]1O. The van der Waals surface area contributed by atoms with Crippen LogP contribution in [0.4, 0.5) is 0 Å². The second kappa shape index (κ2) is 5.57. The molecule has 0 saturated carbocycles. The number of hydrogen-bond acceptors (Lipinski definition) is 6. The summed E-state index contributed by atoms with van der Waals surface area (Å²) in [5.41, 5.74) is 0.720. The first-order valence-electron chi connectivity index (χ1n) is 6.19. The molecule has 7 nitrogen and oxygen atoms in total. The van der Waals surface area contributed by atoms with Crippen molar-refractivity contribution in [3.05, 3.63) is 26.9 Å². The van der Waals surface area contributed by atoms with Gasteiger partial charge < -0.3 is 25.2 Å². The van der Waals surface area contributed by atoms with Gasteiger partial charge in [-0.1, -0.05) is 23.2 Å². The van der Waals surface area contributed by atoms with E-state index in [-0.39, 0.29) is 21.4 Å². The molecule has 3 rings (SSSR count). The van der Waals surface area contributed by atoms with Gasteiger partial charge in [-0.15, -0.1) is 0 Å². The summed E-state index contributed by atoms with van der Waals surface area (Å²) in [6, 6.07) is 2.94. The molecule has 1 unspecified atom stereocenters. The Hall–Kier alpha value is -0.450. The molecule has 4 N–H and O–H groups in total. The molecule has 22 heavy (non-hydrogen) atoms. The Bertz CT molecular complexity index is 742. The van der Waals surface area contributed by atoms with Crippen molar-refractivity contribution in [1.82, 2.24) is 9.55 Å². The standard InChI is InChI=1S/C12H11BrCl2N2O5/c13-11-16-6-1-4(14)5(15)2-7(6)17(11)12(21)10(20)9(19)8(18)3-22-12/h1-2,8-10,18-21H,3H2/t8-,9+,10-,12?/m1/s1. The highest BCUT2D eigenvalue weighted by Gasteiger charge is 2.51. The van der Waals surface area contributed by atoms with Crippen LogP contribution in [0, 0.1) is 0 Å². The van der Waals surface area contributed by atoms with Crippen LogP contribution in [0.3, 0.4) is 0 Å². The number of halogens is 3. The normalized spacial score (nSPS) is 32.6. The van der Waals surface area contributed by atoms with Crippen LogP contribution >= 0.6 is 39.1 Å². The van der Waals surface area contributed by atoms with Crippen molar-refractivity contribution in [1.29, 1.82) is 0 Å². The molecule has 1 fully saturated rings. The third kappa shape index (κ3) is 2.35. The summed E-state index contributed by atoms with van der Waals surface area (Å²) < 4.78 is 6.44. The average molecular weight is 414 g/mol. The summed E-state index contributed by atoms with van der Waals surface area (Å²) in [4.78, 5) is 4.16. The molecule has 0 spiro atoms. The van der Waals surface area contributed by atoms with Crippen molar-refractivity contribution < 1.29 is 25.2 Å². The molecule has 0 amide bonds. The van der Waals surface area contributed by atoms with Crippen LogP contribution in [-0.2, 0) is 10.6 Å². The summed E-state index contributed by atoms with van der Waals surface area (Å²) in [7, 11) is 0. The topological polar surface area (TPSA) is 108 Å². The van der Waals surface area contributed by atoms with Gasteiger partial charge in [0.15, 0.2) is 10.8 Å². The van der Waals surface area contributed by atoms with Crippen molar-refractivity contribution in [3.8, 4) is 0 Å². The van der Waals surface area contributed by atoms with E-state index in [1.54, 1.807) is 0 Å². The molecular weight excluding hydrogens is 403 g/mol. The third-order valence-corrected chi connectivity index (χ3v) is 4.80. The zero-order valence-corrected chi connectivity index (χ0v) is 13.9. The molecule has 1 aromatic carbocycles. The molecule has 10 heteroatoms. The number of hydrogen-bond donors (Lipinski definition) is 4. The van der Waals surface area contributed by atoms with E-state index in [2.05, 4.69) is 20.9 Å². The first kappa shape index (κ1) is 16.4. The maximum Gasteiger partial charge on any atom is 0.285 e. The van der Waals surface area contributed by atoms with Gasteiger partial charge in [-0.05, 0) is 28.1 Å². The number of imidazole rings is 1. The Kier molecular flexibility index (Phi) is 4.15. The lowest BCUT2D eigenvalue weighted by Crippen LogP contribution is -2.61. The van der Waals surface area contributed by atoms with Gasteiger partial charge >= 0.3 is 0 Å². The van der Waals surface area contributed by atoms with Crippen molar-refractivity contribution in [2.24, 2.45) is 0 Å². The maximum absolute atomic E-state index is 10.7. The van der Waals surface area contributed by atoms with Crippen LogP contribution in [0.2, 0.25) is 10.0 Å². The number of ether oxygens (including phenoxy) is 1. The lowest BCUT2D eigenvalue weighted by molar-refractivity contribution is -0.365. The molecule has 1 aromatic heterocycles. The minimum Gasteiger partial charge on any atom is -0.388 e. The van der Waals surface area contributed by atoms with Gasteiger partial charge in [0.1, 0.15) is 12.2 Å². The highest BCUT2D eigenvalue weighted by atomic mass is 79.9. The van der Waals surface area contributed by atoms with Gasteiger partial charge in [-0.2, -0.15) is 0 Å². The van der Waals surface area contributed by atoms with Crippen LogP contribution < -0.4 is 0 Å². The first-order valence-corrected chi connectivity index (χ1v) is 7.74. The highest BCUT2D eigenvalue weighted by Crippen LogP contribution is 2.37. The molecular formula is C12H11BrCl2N2O5. The minimum absolute atomic E-state index is 0.131. The number of aliphatic hydroxyl groups is 4.